The van der Waals surface area contributed by atoms with E-state index in [4.69, 9.17) is 23.2 Å². The van der Waals surface area contributed by atoms with Crippen LogP contribution in [-0.4, -0.2) is 47.1 Å². The lowest BCUT2D eigenvalue weighted by molar-refractivity contribution is -0.138. The summed E-state index contributed by atoms with van der Waals surface area (Å²) in [6, 6.07) is 4.47. The minimum Gasteiger partial charge on any atom is -0.337 e. The summed E-state index contributed by atoms with van der Waals surface area (Å²) in [5.74, 6) is 0.201. The van der Waals surface area contributed by atoms with Crippen molar-refractivity contribution in [3.8, 4) is 0 Å². The summed E-state index contributed by atoms with van der Waals surface area (Å²) >= 11 is 11.8. The Morgan fingerprint density at radius 1 is 1.04 bits per heavy atom. The number of hydrogen-bond donors (Lipinski definition) is 1. The quantitative estimate of drug-likeness (QED) is 0.793. The summed E-state index contributed by atoms with van der Waals surface area (Å²) < 4.78 is 37.7. The van der Waals surface area contributed by atoms with Crippen molar-refractivity contribution in [2.75, 3.05) is 36.4 Å². The number of halogens is 5. The van der Waals surface area contributed by atoms with Gasteiger partial charge in [-0.3, -0.25) is 0 Å². The lowest BCUT2D eigenvalue weighted by atomic mass is 10.3. The first-order valence-electron chi connectivity index (χ1n) is 7.89. The number of carbonyl (C=O) groups is 1. The summed E-state index contributed by atoms with van der Waals surface area (Å²) in [4.78, 5) is 23.2. The van der Waals surface area contributed by atoms with Crippen molar-refractivity contribution in [2.45, 2.75) is 6.18 Å². The first kappa shape index (κ1) is 19.5. The van der Waals surface area contributed by atoms with Crippen LogP contribution in [0.5, 0.6) is 0 Å². The number of piperazine rings is 1. The summed E-state index contributed by atoms with van der Waals surface area (Å²) in [5, 5.41) is 3.45. The van der Waals surface area contributed by atoms with Gasteiger partial charge in [0.25, 0.3) is 0 Å². The molecule has 1 aliphatic heterocycles. The molecule has 1 fully saturated rings. The smallest absolute Gasteiger partial charge is 0.337 e. The van der Waals surface area contributed by atoms with Crippen molar-refractivity contribution >= 4 is 40.9 Å². The van der Waals surface area contributed by atoms with Crippen molar-refractivity contribution in [1.29, 1.82) is 0 Å². The van der Waals surface area contributed by atoms with Crippen LogP contribution in [0.1, 0.15) is 5.56 Å². The van der Waals surface area contributed by atoms with Crippen LogP contribution in [0.25, 0.3) is 0 Å². The average Bonchev–Trinajstić information content (AvgIpc) is 2.64. The number of amides is 2. The third-order valence-corrected chi connectivity index (χ3v) is 4.73. The summed E-state index contributed by atoms with van der Waals surface area (Å²) in [5.41, 5.74) is -0.381. The van der Waals surface area contributed by atoms with Crippen LogP contribution in [0, 0.1) is 0 Å². The minimum atomic E-state index is -4.47. The van der Waals surface area contributed by atoms with Gasteiger partial charge < -0.3 is 15.1 Å². The molecule has 2 heterocycles. The Balaban J connectivity index is 1.56. The predicted octanol–water partition coefficient (Wildman–Crippen LogP) is 4.16. The highest BCUT2D eigenvalue weighted by Crippen LogP contribution is 2.28. The third kappa shape index (κ3) is 4.72. The Morgan fingerprint density at radius 3 is 2.22 bits per heavy atom. The van der Waals surface area contributed by atoms with Gasteiger partial charge in [-0.2, -0.15) is 13.2 Å². The van der Waals surface area contributed by atoms with E-state index >= 15 is 0 Å². The van der Waals surface area contributed by atoms with Crippen LogP contribution in [0.15, 0.2) is 30.6 Å². The summed E-state index contributed by atoms with van der Waals surface area (Å²) in [7, 11) is 0. The number of urea groups is 1. The predicted molar refractivity (Wildman–Crippen MR) is 96.3 cm³/mol. The molecule has 0 unspecified atom stereocenters. The van der Waals surface area contributed by atoms with Gasteiger partial charge in [-0.15, -0.1) is 0 Å². The minimum absolute atomic E-state index is 0.201. The number of hydrogen-bond acceptors (Lipinski definition) is 4. The van der Waals surface area contributed by atoms with Gasteiger partial charge in [-0.25, -0.2) is 14.8 Å². The summed E-state index contributed by atoms with van der Waals surface area (Å²) in [6.07, 6.45) is -2.96. The fraction of sp³-hybridized carbons (Fsp3) is 0.312. The Kier molecular flexibility index (Phi) is 5.61. The van der Waals surface area contributed by atoms with Crippen LogP contribution >= 0.6 is 23.2 Å². The van der Waals surface area contributed by atoms with E-state index in [2.05, 4.69) is 15.3 Å². The number of rotatable bonds is 2. The Bertz CT molecular complexity index is 824. The topological polar surface area (TPSA) is 61.4 Å². The van der Waals surface area contributed by atoms with Gasteiger partial charge in [-0.1, -0.05) is 23.2 Å². The highest BCUT2D eigenvalue weighted by atomic mass is 35.5. The van der Waals surface area contributed by atoms with Crippen LogP contribution < -0.4 is 10.2 Å². The Labute approximate surface area is 162 Å². The molecule has 27 heavy (non-hydrogen) atoms. The molecule has 11 heteroatoms. The molecule has 1 aliphatic rings. The Morgan fingerprint density at radius 2 is 1.67 bits per heavy atom. The first-order chi connectivity index (χ1) is 12.7. The Hall–Kier alpha value is -2.26. The highest BCUT2D eigenvalue weighted by molar-refractivity contribution is 6.42. The standard InChI is InChI=1S/C16H14Cl2F3N5O/c17-12-2-1-11(7-13(12)18)24-15(27)26-5-3-25(4-6-26)14-22-8-10(9-23-14)16(19,20)21/h1-2,7-9H,3-6H2,(H,24,27). The zero-order chi connectivity index (χ0) is 19.6. The number of alkyl halides is 3. The van der Waals surface area contributed by atoms with Crippen molar-refractivity contribution in [3.05, 3.63) is 46.2 Å². The normalized spacial score (nSPS) is 15.0. The molecule has 6 nitrogen and oxygen atoms in total. The van der Waals surface area contributed by atoms with Crippen molar-refractivity contribution in [1.82, 2.24) is 14.9 Å². The number of nitrogens with zero attached hydrogens (tertiary/aromatic N) is 4. The second-order valence-electron chi connectivity index (χ2n) is 5.80. The van der Waals surface area contributed by atoms with Gasteiger partial charge in [0, 0.05) is 44.3 Å². The zero-order valence-corrected chi connectivity index (χ0v) is 15.3. The first-order valence-corrected chi connectivity index (χ1v) is 8.65. The molecule has 0 saturated carbocycles. The van der Waals surface area contributed by atoms with Gasteiger partial charge in [-0.05, 0) is 18.2 Å². The van der Waals surface area contributed by atoms with Crippen LogP contribution in [0.4, 0.5) is 29.6 Å². The number of carbonyl (C=O) groups excluding carboxylic acids is 1. The molecule has 1 aromatic carbocycles. The SMILES string of the molecule is O=C(Nc1ccc(Cl)c(Cl)c1)N1CCN(c2ncc(C(F)(F)F)cn2)CC1. The zero-order valence-electron chi connectivity index (χ0n) is 13.8. The molecular formula is C16H14Cl2F3N5O. The van der Waals surface area contributed by atoms with Gasteiger partial charge in [0.15, 0.2) is 0 Å². The second kappa shape index (κ2) is 7.77. The van der Waals surface area contributed by atoms with E-state index < -0.39 is 11.7 Å². The van der Waals surface area contributed by atoms with E-state index in [0.29, 0.717) is 41.9 Å². The molecule has 0 radical (unpaired) electrons. The molecular weight excluding hydrogens is 406 g/mol. The molecule has 0 atom stereocenters. The van der Waals surface area contributed by atoms with E-state index in [1.54, 1.807) is 28.0 Å². The maximum Gasteiger partial charge on any atom is 0.419 e. The number of anilines is 2. The molecule has 0 bridgehead atoms. The lowest BCUT2D eigenvalue weighted by Crippen LogP contribution is -2.50. The van der Waals surface area contributed by atoms with E-state index in [0.717, 1.165) is 12.4 Å². The van der Waals surface area contributed by atoms with Crippen LogP contribution in [0.2, 0.25) is 10.0 Å². The van der Waals surface area contributed by atoms with E-state index in [1.807, 2.05) is 0 Å². The monoisotopic (exact) mass is 419 g/mol. The maximum absolute atomic E-state index is 12.6. The van der Waals surface area contributed by atoms with Gasteiger partial charge in [0.2, 0.25) is 5.95 Å². The molecule has 0 spiro atoms. The number of aromatic nitrogens is 2. The molecule has 2 amide bonds. The lowest BCUT2D eigenvalue weighted by Gasteiger charge is -2.34. The van der Waals surface area contributed by atoms with Crippen molar-refractivity contribution < 1.29 is 18.0 Å². The van der Waals surface area contributed by atoms with Crippen LogP contribution in [0.3, 0.4) is 0 Å². The maximum atomic E-state index is 12.6. The number of nitrogens with one attached hydrogen (secondary N) is 1. The molecule has 3 rings (SSSR count). The fourth-order valence-corrected chi connectivity index (χ4v) is 2.81. The fourth-order valence-electron chi connectivity index (χ4n) is 2.52. The van der Waals surface area contributed by atoms with Gasteiger partial charge in [0.05, 0.1) is 15.6 Å². The highest BCUT2D eigenvalue weighted by Gasteiger charge is 2.32. The molecule has 1 aromatic heterocycles. The molecule has 0 aliphatic carbocycles. The van der Waals surface area contributed by atoms with Gasteiger partial charge >= 0.3 is 12.2 Å². The van der Waals surface area contributed by atoms with Crippen molar-refractivity contribution in [2.24, 2.45) is 0 Å². The van der Waals surface area contributed by atoms with Gasteiger partial charge in [0.1, 0.15) is 0 Å². The van der Waals surface area contributed by atoms with E-state index in [9.17, 15) is 18.0 Å². The molecule has 2 aromatic rings. The molecule has 1 saturated heterocycles. The van der Waals surface area contributed by atoms with E-state index in [1.165, 1.54) is 0 Å². The molecule has 144 valence electrons. The second-order valence-corrected chi connectivity index (χ2v) is 6.62. The summed E-state index contributed by atoms with van der Waals surface area (Å²) in [6.45, 7) is 1.55. The van der Waals surface area contributed by atoms with E-state index in [-0.39, 0.29) is 12.0 Å². The third-order valence-electron chi connectivity index (χ3n) is 3.99. The molecule has 1 N–H and O–H groups in total. The largest absolute Gasteiger partial charge is 0.419 e. The number of benzene rings is 1. The van der Waals surface area contributed by atoms with Crippen LogP contribution in [-0.2, 0) is 6.18 Å². The average molecular weight is 420 g/mol. The van der Waals surface area contributed by atoms with Crippen molar-refractivity contribution in [3.63, 3.8) is 0 Å².